The Kier molecular flexibility index (Phi) is 4.98. The van der Waals surface area contributed by atoms with E-state index in [1.807, 2.05) is 24.3 Å². The van der Waals surface area contributed by atoms with Gasteiger partial charge in [0.25, 0.3) is 0 Å². The van der Waals surface area contributed by atoms with Crippen LogP contribution in [0.3, 0.4) is 0 Å². The SMILES string of the molecule is COc1ccc(Nc2nncc(Nc3cc(Cl)ccc3Cl)n2)cc1. The van der Waals surface area contributed by atoms with Gasteiger partial charge in [0, 0.05) is 10.7 Å². The number of methoxy groups -OCH3 is 1. The van der Waals surface area contributed by atoms with Gasteiger partial charge >= 0.3 is 0 Å². The fraction of sp³-hybridized carbons (Fsp3) is 0.0625. The van der Waals surface area contributed by atoms with E-state index < -0.39 is 0 Å². The van der Waals surface area contributed by atoms with Crippen molar-refractivity contribution >= 4 is 46.3 Å². The van der Waals surface area contributed by atoms with Crippen LogP contribution in [0.1, 0.15) is 0 Å². The van der Waals surface area contributed by atoms with Gasteiger partial charge in [0.05, 0.1) is 24.0 Å². The van der Waals surface area contributed by atoms with E-state index in [9.17, 15) is 0 Å². The quantitative estimate of drug-likeness (QED) is 0.687. The molecule has 0 aliphatic rings. The van der Waals surface area contributed by atoms with Crippen LogP contribution < -0.4 is 15.4 Å². The maximum atomic E-state index is 6.13. The number of rotatable bonds is 5. The summed E-state index contributed by atoms with van der Waals surface area (Å²) in [6.07, 6.45) is 1.50. The zero-order valence-electron chi connectivity index (χ0n) is 12.6. The van der Waals surface area contributed by atoms with Crippen molar-refractivity contribution in [2.45, 2.75) is 0 Å². The van der Waals surface area contributed by atoms with E-state index in [1.165, 1.54) is 6.20 Å². The number of aromatic nitrogens is 3. The molecule has 0 bridgehead atoms. The maximum Gasteiger partial charge on any atom is 0.249 e. The van der Waals surface area contributed by atoms with Crippen molar-refractivity contribution in [3.05, 3.63) is 58.7 Å². The number of nitrogens with zero attached hydrogens (tertiary/aromatic N) is 3. The molecule has 0 saturated carbocycles. The van der Waals surface area contributed by atoms with Crippen LogP contribution in [0.2, 0.25) is 10.0 Å². The molecule has 0 atom stereocenters. The molecule has 6 nitrogen and oxygen atoms in total. The number of ether oxygens (including phenoxy) is 1. The summed E-state index contributed by atoms with van der Waals surface area (Å²) in [7, 11) is 1.62. The summed E-state index contributed by atoms with van der Waals surface area (Å²) in [5.74, 6) is 1.61. The lowest BCUT2D eigenvalue weighted by Gasteiger charge is -2.09. The normalized spacial score (nSPS) is 10.3. The first-order chi connectivity index (χ1) is 11.6. The molecule has 0 aliphatic carbocycles. The molecule has 0 spiro atoms. The molecule has 0 unspecified atom stereocenters. The zero-order chi connectivity index (χ0) is 16.9. The highest BCUT2D eigenvalue weighted by atomic mass is 35.5. The third kappa shape index (κ3) is 4.04. The number of hydrogen-bond donors (Lipinski definition) is 2. The van der Waals surface area contributed by atoms with E-state index in [1.54, 1.807) is 25.3 Å². The van der Waals surface area contributed by atoms with Gasteiger partial charge in [-0.3, -0.25) is 0 Å². The third-order valence-corrected chi connectivity index (χ3v) is 3.66. The minimum Gasteiger partial charge on any atom is -0.497 e. The van der Waals surface area contributed by atoms with E-state index in [4.69, 9.17) is 27.9 Å². The Bertz CT molecular complexity index is 842. The first-order valence-corrected chi connectivity index (χ1v) is 7.72. The van der Waals surface area contributed by atoms with Crippen molar-refractivity contribution in [1.29, 1.82) is 0 Å². The van der Waals surface area contributed by atoms with Crippen molar-refractivity contribution in [2.75, 3.05) is 17.7 Å². The topological polar surface area (TPSA) is 72.0 Å². The molecular weight excluding hydrogens is 349 g/mol. The van der Waals surface area contributed by atoms with Gasteiger partial charge in [0.1, 0.15) is 5.75 Å². The minimum absolute atomic E-state index is 0.350. The number of anilines is 4. The lowest BCUT2D eigenvalue weighted by molar-refractivity contribution is 0.415. The standard InChI is InChI=1S/C16H13Cl2N5O/c1-24-12-5-3-11(4-6-12)20-16-22-15(9-19-23-16)21-14-8-10(17)2-7-13(14)18/h2-9H,1H3,(H2,20,21,22,23). The van der Waals surface area contributed by atoms with E-state index in [0.29, 0.717) is 27.5 Å². The summed E-state index contributed by atoms with van der Waals surface area (Å²) in [5.41, 5.74) is 1.45. The average Bonchev–Trinajstić information content (AvgIpc) is 2.59. The van der Waals surface area contributed by atoms with E-state index in [2.05, 4.69) is 25.8 Å². The summed E-state index contributed by atoms with van der Waals surface area (Å²) in [5, 5.41) is 15.1. The highest BCUT2D eigenvalue weighted by Crippen LogP contribution is 2.28. The molecule has 0 aliphatic heterocycles. The van der Waals surface area contributed by atoms with Crippen LogP contribution in [-0.4, -0.2) is 22.3 Å². The fourth-order valence-corrected chi connectivity index (χ4v) is 2.29. The van der Waals surface area contributed by atoms with Crippen molar-refractivity contribution in [2.24, 2.45) is 0 Å². The zero-order valence-corrected chi connectivity index (χ0v) is 14.1. The van der Waals surface area contributed by atoms with Gasteiger partial charge in [0.15, 0.2) is 5.82 Å². The second-order valence-electron chi connectivity index (χ2n) is 4.77. The van der Waals surface area contributed by atoms with Crippen LogP contribution in [0, 0.1) is 0 Å². The van der Waals surface area contributed by atoms with Crippen LogP contribution in [-0.2, 0) is 0 Å². The predicted molar refractivity (Wildman–Crippen MR) is 95.8 cm³/mol. The van der Waals surface area contributed by atoms with E-state index in [0.717, 1.165) is 11.4 Å². The largest absolute Gasteiger partial charge is 0.497 e. The highest BCUT2D eigenvalue weighted by molar-refractivity contribution is 6.35. The van der Waals surface area contributed by atoms with Gasteiger partial charge < -0.3 is 15.4 Å². The molecule has 3 rings (SSSR count). The molecule has 1 heterocycles. The molecule has 2 N–H and O–H groups in total. The Morgan fingerprint density at radius 1 is 1.00 bits per heavy atom. The monoisotopic (exact) mass is 361 g/mol. The molecular formula is C16H13Cl2N5O. The van der Waals surface area contributed by atoms with Crippen LogP contribution in [0.4, 0.5) is 23.1 Å². The fourth-order valence-electron chi connectivity index (χ4n) is 1.95. The second kappa shape index (κ2) is 7.33. The van der Waals surface area contributed by atoms with Crippen molar-refractivity contribution < 1.29 is 4.74 Å². The van der Waals surface area contributed by atoms with Crippen LogP contribution in [0.25, 0.3) is 0 Å². The minimum atomic E-state index is 0.350. The first kappa shape index (κ1) is 16.3. The van der Waals surface area contributed by atoms with Crippen molar-refractivity contribution in [1.82, 2.24) is 15.2 Å². The molecule has 0 radical (unpaired) electrons. The van der Waals surface area contributed by atoms with E-state index >= 15 is 0 Å². The van der Waals surface area contributed by atoms with Gasteiger partial charge in [0.2, 0.25) is 5.95 Å². The molecule has 3 aromatic rings. The Balaban J connectivity index is 1.77. The summed E-state index contributed by atoms with van der Waals surface area (Å²) < 4.78 is 5.12. The Morgan fingerprint density at radius 3 is 2.54 bits per heavy atom. The molecule has 0 saturated heterocycles. The van der Waals surface area contributed by atoms with Gasteiger partial charge in [-0.25, -0.2) is 0 Å². The van der Waals surface area contributed by atoms with Gasteiger partial charge in [-0.1, -0.05) is 23.2 Å². The van der Waals surface area contributed by atoms with Crippen LogP contribution in [0.15, 0.2) is 48.7 Å². The second-order valence-corrected chi connectivity index (χ2v) is 5.61. The lowest BCUT2D eigenvalue weighted by Crippen LogP contribution is -2.02. The first-order valence-electron chi connectivity index (χ1n) is 6.97. The number of halogens is 2. The van der Waals surface area contributed by atoms with Crippen LogP contribution >= 0.6 is 23.2 Å². The molecule has 0 amide bonds. The lowest BCUT2D eigenvalue weighted by atomic mass is 10.3. The molecule has 2 aromatic carbocycles. The molecule has 24 heavy (non-hydrogen) atoms. The smallest absolute Gasteiger partial charge is 0.249 e. The Labute approximate surface area is 148 Å². The Morgan fingerprint density at radius 2 is 1.79 bits per heavy atom. The van der Waals surface area contributed by atoms with Gasteiger partial charge in [-0.2, -0.15) is 10.1 Å². The summed E-state index contributed by atoms with van der Waals surface area (Å²) in [6.45, 7) is 0. The summed E-state index contributed by atoms with van der Waals surface area (Å²) >= 11 is 12.1. The molecule has 8 heteroatoms. The van der Waals surface area contributed by atoms with Gasteiger partial charge in [-0.05, 0) is 42.5 Å². The Hall–Kier alpha value is -2.57. The summed E-state index contributed by atoms with van der Waals surface area (Å²) in [6, 6.07) is 12.5. The van der Waals surface area contributed by atoms with Gasteiger partial charge in [-0.15, -0.1) is 5.10 Å². The highest BCUT2D eigenvalue weighted by Gasteiger charge is 2.05. The van der Waals surface area contributed by atoms with E-state index in [-0.39, 0.29) is 0 Å². The third-order valence-electron chi connectivity index (χ3n) is 3.10. The maximum absolute atomic E-state index is 6.13. The molecule has 0 fully saturated rings. The molecule has 1 aromatic heterocycles. The summed E-state index contributed by atoms with van der Waals surface area (Å²) in [4.78, 5) is 4.35. The van der Waals surface area contributed by atoms with Crippen LogP contribution in [0.5, 0.6) is 5.75 Å². The van der Waals surface area contributed by atoms with Crippen molar-refractivity contribution in [3.63, 3.8) is 0 Å². The number of benzene rings is 2. The average molecular weight is 362 g/mol. The molecule has 122 valence electrons. The number of nitrogens with one attached hydrogen (secondary N) is 2. The number of hydrogen-bond acceptors (Lipinski definition) is 6. The predicted octanol–water partition coefficient (Wildman–Crippen LogP) is 4.67. The van der Waals surface area contributed by atoms with Crippen molar-refractivity contribution in [3.8, 4) is 5.75 Å².